The Morgan fingerprint density at radius 1 is 0.767 bits per heavy atom. The largest absolute Gasteiger partial charge is 0.268 e. The van der Waals surface area contributed by atoms with Gasteiger partial charge in [-0.15, -0.1) is 0 Å². The summed E-state index contributed by atoms with van der Waals surface area (Å²) in [7, 11) is 0. The molecule has 0 aromatic heterocycles. The molecule has 1 nitrogen and oxygen atoms in total. The van der Waals surface area contributed by atoms with E-state index in [2.05, 4.69) is 60.8 Å². The summed E-state index contributed by atoms with van der Waals surface area (Å²) >= 11 is 0. The highest BCUT2D eigenvalue weighted by atomic mass is 14.7. The van der Waals surface area contributed by atoms with Crippen molar-refractivity contribution in [1.29, 1.82) is 0 Å². The van der Waals surface area contributed by atoms with Crippen LogP contribution in [0.5, 0.6) is 0 Å². The van der Waals surface area contributed by atoms with Crippen molar-refractivity contribution in [3.63, 3.8) is 0 Å². The lowest BCUT2D eigenvalue weighted by Crippen LogP contribution is -2.37. The molecular weight excluding hydrogens is 362 g/mol. The maximum Gasteiger partial charge on any atom is 0.0335 e. The third-order valence-corrected chi connectivity index (χ3v) is 8.35. The van der Waals surface area contributed by atoms with Crippen molar-refractivity contribution in [2.45, 2.75) is 63.7 Å². The van der Waals surface area contributed by atoms with Gasteiger partial charge in [-0.2, -0.15) is 0 Å². The second-order valence-corrected chi connectivity index (χ2v) is 9.72. The van der Waals surface area contributed by atoms with E-state index in [0.717, 1.165) is 5.92 Å². The average molecular weight is 394 g/mol. The highest BCUT2D eigenvalue weighted by molar-refractivity contribution is 5.77. The Morgan fingerprint density at radius 2 is 1.67 bits per heavy atom. The van der Waals surface area contributed by atoms with Gasteiger partial charge in [0.25, 0.3) is 0 Å². The van der Waals surface area contributed by atoms with Crippen LogP contribution in [0.4, 0.5) is 0 Å². The number of nitrogens with zero attached hydrogens (tertiary/aromatic N) is 1. The summed E-state index contributed by atoms with van der Waals surface area (Å²) < 4.78 is 0. The van der Waals surface area contributed by atoms with Gasteiger partial charge >= 0.3 is 0 Å². The lowest BCUT2D eigenvalue weighted by atomic mass is 9.59. The fourth-order valence-corrected chi connectivity index (χ4v) is 6.98. The molecule has 0 bridgehead atoms. The second kappa shape index (κ2) is 7.38. The van der Waals surface area contributed by atoms with Crippen molar-refractivity contribution in [3.8, 4) is 11.1 Å². The van der Waals surface area contributed by atoms with E-state index in [4.69, 9.17) is 4.99 Å². The van der Waals surface area contributed by atoms with E-state index in [1.807, 2.05) is 6.20 Å². The minimum atomic E-state index is 0.0793. The summed E-state index contributed by atoms with van der Waals surface area (Å²) in [6, 6.07) is 14.0. The van der Waals surface area contributed by atoms with Gasteiger partial charge in [0.15, 0.2) is 0 Å². The molecule has 30 heavy (non-hydrogen) atoms. The molecule has 2 aromatic rings. The first-order valence-electron chi connectivity index (χ1n) is 12.0. The number of aryl methyl sites for hydroxylation is 1. The molecule has 1 fully saturated rings. The third-order valence-electron chi connectivity index (χ3n) is 8.35. The van der Waals surface area contributed by atoms with Crippen molar-refractivity contribution < 1.29 is 0 Å². The van der Waals surface area contributed by atoms with E-state index in [9.17, 15) is 0 Å². The number of aliphatic imine (C=N–C) groups is 1. The van der Waals surface area contributed by atoms with Crippen molar-refractivity contribution in [2.75, 3.05) is 0 Å². The van der Waals surface area contributed by atoms with Crippen LogP contribution in [0.1, 0.15) is 66.7 Å². The van der Waals surface area contributed by atoms with E-state index in [1.54, 1.807) is 16.7 Å². The molecule has 152 valence electrons. The van der Waals surface area contributed by atoms with Gasteiger partial charge < -0.3 is 0 Å². The predicted octanol–water partition coefficient (Wildman–Crippen LogP) is 7.20. The lowest BCUT2D eigenvalue weighted by molar-refractivity contribution is 0.258. The van der Waals surface area contributed by atoms with Crippen molar-refractivity contribution in [1.82, 2.24) is 0 Å². The molecule has 1 heteroatoms. The summed E-state index contributed by atoms with van der Waals surface area (Å²) in [5, 5.41) is 0. The SMILES string of the molecule is C1=CN=CC(C2CCCC2)(C2CCCc3c2ccc2c3CCc3ccccc3-2)C=C1. The van der Waals surface area contributed by atoms with Gasteiger partial charge in [0.1, 0.15) is 0 Å². The lowest BCUT2D eigenvalue weighted by Gasteiger charge is -2.44. The molecule has 1 saturated carbocycles. The van der Waals surface area contributed by atoms with Crippen molar-refractivity contribution in [2.24, 2.45) is 16.3 Å². The normalized spacial score (nSPS) is 27.4. The fraction of sp³-hybridized carbons (Fsp3) is 0.414. The first kappa shape index (κ1) is 18.4. The van der Waals surface area contributed by atoms with Crippen molar-refractivity contribution in [3.05, 3.63) is 83.1 Å². The maximum atomic E-state index is 4.77. The van der Waals surface area contributed by atoms with Crippen LogP contribution < -0.4 is 0 Å². The molecule has 0 amide bonds. The molecule has 0 spiro atoms. The number of fused-ring (bicyclic) bond motifs is 5. The number of hydrogen-bond donors (Lipinski definition) is 0. The van der Waals surface area contributed by atoms with Crippen LogP contribution in [0.3, 0.4) is 0 Å². The zero-order chi connectivity index (χ0) is 20.0. The van der Waals surface area contributed by atoms with E-state index < -0.39 is 0 Å². The van der Waals surface area contributed by atoms with Crippen LogP contribution in [0.15, 0.2) is 65.8 Å². The smallest absolute Gasteiger partial charge is 0.0335 e. The second-order valence-electron chi connectivity index (χ2n) is 9.72. The number of hydrogen-bond acceptors (Lipinski definition) is 1. The summed E-state index contributed by atoms with van der Waals surface area (Å²) in [4.78, 5) is 4.77. The molecule has 2 atom stereocenters. The maximum absolute atomic E-state index is 4.77. The van der Waals surface area contributed by atoms with Crippen LogP contribution in [-0.2, 0) is 19.3 Å². The number of allylic oxidation sites excluding steroid dienone is 3. The molecule has 0 N–H and O–H groups in total. The highest BCUT2D eigenvalue weighted by Crippen LogP contribution is 2.54. The zero-order valence-corrected chi connectivity index (χ0v) is 17.8. The molecule has 1 aliphatic heterocycles. The van der Waals surface area contributed by atoms with E-state index in [-0.39, 0.29) is 5.41 Å². The summed E-state index contributed by atoms with van der Waals surface area (Å²) in [6.45, 7) is 0. The number of rotatable bonds is 2. The van der Waals surface area contributed by atoms with Gasteiger partial charge in [-0.3, -0.25) is 4.99 Å². The fourth-order valence-electron chi connectivity index (χ4n) is 6.98. The Bertz CT molecular complexity index is 1030. The quantitative estimate of drug-likeness (QED) is 0.511. The van der Waals surface area contributed by atoms with Crippen LogP contribution in [0.25, 0.3) is 11.1 Å². The first-order valence-corrected chi connectivity index (χ1v) is 12.0. The van der Waals surface area contributed by atoms with E-state index in [0.29, 0.717) is 5.92 Å². The highest BCUT2D eigenvalue weighted by Gasteiger charge is 2.45. The summed E-state index contributed by atoms with van der Waals surface area (Å²) in [6.07, 6.45) is 22.9. The minimum Gasteiger partial charge on any atom is -0.268 e. The molecule has 6 rings (SSSR count). The van der Waals surface area contributed by atoms with Gasteiger partial charge in [0.05, 0.1) is 0 Å². The van der Waals surface area contributed by atoms with Crippen LogP contribution in [0.2, 0.25) is 0 Å². The first-order chi connectivity index (χ1) is 14.9. The summed E-state index contributed by atoms with van der Waals surface area (Å²) in [5.74, 6) is 1.29. The molecule has 2 aromatic carbocycles. The standard InChI is InChI=1S/C29H31N/c1-4-11-23-21(8-1)14-15-26-24-12-7-13-28(27(24)17-16-25(23)26)29(22-9-2-3-10-22)18-5-6-19-30-20-29/h1,4-6,8,11,16-20,22,28H,2-3,7,9-10,12-15H2. The third kappa shape index (κ3) is 2.78. The van der Waals surface area contributed by atoms with Crippen LogP contribution in [0, 0.1) is 11.3 Å². The zero-order valence-electron chi connectivity index (χ0n) is 17.8. The molecule has 3 aliphatic carbocycles. The van der Waals surface area contributed by atoms with E-state index >= 15 is 0 Å². The number of benzene rings is 2. The van der Waals surface area contributed by atoms with Gasteiger partial charge in [0, 0.05) is 17.8 Å². The Hall–Kier alpha value is -2.41. The van der Waals surface area contributed by atoms with Gasteiger partial charge in [-0.25, -0.2) is 0 Å². The molecule has 0 radical (unpaired) electrons. The molecule has 0 saturated heterocycles. The van der Waals surface area contributed by atoms with E-state index in [1.165, 1.54) is 74.5 Å². The monoisotopic (exact) mass is 393 g/mol. The van der Waals surface area contributed by atoms with Gasteiger partial charge in [0.2, 0.25) is 0 Å². The van der Waals surface area contributed by atoms with Crippen LogP contribution in [-0.4, -0.2) is 6.21 Å². The molecule has 1 heterocycles. The Morgan fingerprint density at radius 3 is 2.60 bits per heavy atom. The predicted molar refractivity (Wildman–Crippen MR) is 126 cm³/mol. The average Bonchev–Trinajstić information content (AvgIpc) is 3.24. The molecule has 2 unspecified atom stereocenters. The van der Waals surface area contributed by atoms with Gasteiger partial charge in [-0.1, -0.05) is 61.4 Å². The Balaban J connectivity index is 1.50. The molecule has 4 aliphatic rings. The van der Waals surface area contributed by atoms with Gasteiger partial charge in [-0.05, 0) is 96.2 Å². The Labute approximate surface area is 180 Å². The van der Waals surface area contributed by atoms with Crippen molar-refractivity contribution >= 4 is 6.21 Å². The Kier molecular flexibility index (Phi) is 4.52. The molecular formula is C29H31N. The van der Waals surface area contributed by atoms with Crippen LogP contribution >= 0.6 is 0 Å². The minimum absolute atomic E-state index is 0.0793. The topological polar surface area (TPSA) is 12.4 Å². The summed E-state index contributed by atoms with van der Waals surface area (Å²) in [5.41, 5.74) is 9.51.